The summed E-state index contributed by atoms with van der Waals surface area (Å²) < 4.78 is 13.8. The molecule has 100 valence electrons. The molecule has 1 aromatic carbocycles. The number of phenolic OH excluding ortho intramolecular Hbond substituents is 1. The van der Waals surface area contributed by atoms with Crippen molar-refractivity contribution in [2.45, 2.75) is 44.4 Å². The van der Waals surface area contributed by atoms with Gasteiger partial charge in [-0.2, -0.15) is 0 Å². The largest absolute Gasteiger partial charge is 0.506 e. The Hall–Kier alpha value is -0.800. The van der Waals surface area contributed by atoms with Crippen LogP contribution in [-0.4, -0.2) is 11.7 Å². The molecule has 2 nitrogen and oxygen atoms in total. The Labute approximate surface area is 112 Å². The maximum Gasteiger partial charge on any atom is 0.138 e. The maximum atomic E-state index is 13.8. The van der Waals surface area contributed by atoms with Crippen LogP contribution >= 0.6 is 11.6 Å². The Bertz CT molecular complexity index is 429. The molecular formula is C14H19ClFNO. The molecule has 0 aliphatic heterocycles. The van der Waals surface area contributed by atoms with Crippen LogP contribution in [0.1, 0.15) is 43.2 Å². The van der Waals surface area contributed by atoms with Crippen LogP contribution < -0.4 is 5.73 Å². The Morgan fingerprint density at radius 2 is 2.00 bits per heavy atom. The zero-order chi connectivity index (χ0) is 13.3. The summed E-state index contributed by atoms with van der Waals surface area (Å²) in [5.74, 6) is -0.367. The number of phenols is 1. The molecule has 1 aliphatic carbocycles. The van der Waals surface area contributed by atoms with Gasteiger partial charge in [0, 0.05) is 17.5 Å². The van der Waals surface area contributed by atoms with Gasteiger partial charge in [0.1, 0.15) is 11.6 Å². The molecule has 18 heavy (non-hydrogen) atoms. The van der Waals surface area contributed by atoms with Gasteiger partial charge in [-0.3, -0.25) is 0 Å². The van der Waals surface area contributed by atoms with Crippen molar-refractivity contribution in [3.8, 4) is 5.75 Å². The summed E-state index contributed by atoms with van der Waals surface area (Å²) in [4.78, 5) is 0. The molecule has 0 spiro atoms. The minimum atomic E-state index is -0.369. The van der Waals surface area contributed by atoms with Crippen molar-refractivity contribution in [2.75, 3.05) is 6.54 Å². The monoisotopic (exact) mass is 271 g/mol. The molecule has 0 aromatic heterocycles. The normalized spacial score (nSPS) is 18.9. The molecule has 0 atom stereocenters. The van der Waals surface area contributed by atoms with Crippen molar-refractivity contribution < 1.29 is 9.50 Å². The second kappa shape index (κ2) is 5.06. The highest BCUT2D eigenvalue weighted by Gasteiger charge is 2.37. The van der Waals surface area contributed by atoms with Crippen LogP contribution in [0.25, 0.3) is 0 Å². The topological polar surface area (TPSA) is 46.2 Å². The molecule has 0 saturated heterocycles. The van der Waals surface area contributed by atoms with Crippen molar-refractivity contribution in [2.24, 2.45) is 5.73 Å². The van der Waals surface area contributed by atoms with Crippen LogP contribution in [0, 0.1) is 12.7 Å². The minimum Gasteiger partial charge on any atom is -0.506 e. The first kappa shape index (κ1) is 13.6. The predicted molar refractivity (Wildman–Crippen MR) is 71.6 cm³/mol. The van der Waals surface area contributed by atoms with Gasteiger partial charge >= 0.3 is 0 Å². The van der Waals surface area contributed by atoms with Gasteiger partial charge in [0.15, 0.2) is 0 Å². The molecule has 1 aromatic rings. The third kappa shape index (κ3) is 2.10. The second-order valence-electron chi connectivity index (χ2n) is 5.23. The highest BCUT2D eigenvalue weighted by atomic mass is 35.5. The van der Waals surface area contributed by atoms with Gasteiger partial charge in [0.2, 0.25) is 0 Å². The summed E-state index contributed by atoms with van der Waals surface area (Å²) in [6, 6.07) is 1.17. The summed E-state index contributed by atoms with van der Waals surface area (Å²) in [5.41, 5.74) is 6.71. The fourth-order valence-electron chi connectivity index (χ4n) is 3.14. The lowest BCUT2D eigenvalue weighted by Crippen LogP contribution is -2.38. The van der Waals surface area contributed by atoms with E-state index in [4.69, 9.17) is 17.3 Å². The van der Waals surface area contributed by atoms with E-state index in [9.17, 15) is 9.50 Å². The van der Waals surface area contributed by atoms with Crippen LogP contribution in [0.2, 0.25) is 5.02 Å². The SMILES string of the molecule is Cc1c(F)cc(Cl)c(O)c1C1(CN)CCCCC1. The van der Waals surface area contributed by atoms with Gasteiger partial charge in [-0.1, -0.05) is 30.9 Å². The minimum absolute atomic E-state index is 0.00270. The number of rotatable bonds is 2. The zero-order valence-corrected chi connectivity index (χ0v) is 11.4. The first-order chi connectivity index (χ1) is 8.52. The Morgan fingerprint density at radius 3 is 2.56 bits per heavy atom. The molecule has 0 bridgehead atoms. The molecule has 1 saturated carbocycles. The number of nitrogens with two attached hydrogens (primary N) is 1. The van der Waals surface area contributed by atoms with Gasteiger partial charge in [0.05, 0.1) is 5.02 Å². The third-order valence-corrected chi connectivity index (χ3v) is 4.47. The average molecular weight is 272 g/mol. The van der Waals surface area contributed by atoms with Crippen molar-refractivity contribution in [1.29, 1.82) is 0 Å². The fraction of sp³-hybridized carbons (Fsp3) is 0.571. The van der Waals surface area contributed by atoms with Crippen LogP contribution in [0.4, 0.5) is 4.39 Å². The second-order valence-corrected chi connectivity index (χ2v) is 5.64. The molecule has 0 radical (unpaired) electrons. The van der Waals surface area contributed by atoms with Crippen LogP contribution in [-0.2, 0) is 5.41 Å². The molecule has 0 unspecified atom stereocenters. The van der Waals surface area contributed by atoms with E-state index in [-0.39, 0.29) is 22.0 Å². The first-order valence-corrected chi connectivity index (χ1v) is 6.78. The quantitative estimate of drug-likeness (QED) is 0.862. The molecule has 0 heterocycles. The molecule has 0 amide bonds. The first-order valence-electron chi connectivity index (χ1n) is 6.40. The Morgan fingerprint density at radius 1 is 1.39 bits per heavy atom. The van der Waals surface area contributed by atoms with E-state index in [1.54, 1.807) is 6.92 Å². The Balaban J connectivity index is 2.61. The summed E-state index contributed by atoms with van der Waals surface area (Å²) in [6.45, 7) is 2.11. The van der Waals surface area contributed by atoms with Crippen LogP contribution in [0.15, 0.2) is 6.07 Å². The lowest BCUT2D eigenvalue weighted by molar-refractivity contribution is 0.288. The fourth-order valence-corrected chi connectivity index (χ4v) is 3.33. The van der Waals surface area contributed by atoms with Gasteiger partial charge in [-0.15, -0.1) is 0 Å². The number of hydrogen-bond donors (Lipinski definition) is 2. The summed E-state index contributed by atoms with van der Waals surface area (Å²) in [6.07, 6.45) is 5.06. The highest BCUT2D eigenvalue weighted by Crippen LogP contribution is 2.46. The third-order valence-electron chi connectivity index (χ3n) is 4.18. The summed E-state index contributed by atoms with van der Waals surface area (Å²) >= 11 is 5.90. The van der Waals surface area contributed by atoms with Gasteiger partial charge in [0.25, 0.3) is 0 Å². The van der Waals surface area contributed by atoms with E-state index in [1.807, 2.05) is 0 Å². The van der Waals surface area contributed by atoms with Gasteiger partial charge in [-0.25, -0.2) is 4.39 Å². The average Bonchev–Trinajstić information content (AvgIpc) is 2.38. The number of hydrogen-bond acceptors (Lipinski definition) is 2. The van der Waals surface area contributed by atoms with Gasteiger partial charge in [-0.05, 0) is 31.4 Å². The molecule has 1 aliphatic rings. The van der Waals surface area contributed by atoms with E-state index in [0.717, 1.165) is 25.7 Å². The van der Waals surface area contributed by atoms with E-state index in [0.29, 0.717) is 17.7 Å². The van der Waals surface area contributed by atoms with Crippen molar-refractivity contribution in [3.63, 3.8) is 0 Å². The van der Waals surface area contributed by atoms with Crippen LogP contribution in [0.5, 0.6) is 5.75 Å². The van der Waals surface area contributed by atoms with E-state index in [1.165, 1.54) is 12.5 Å². The standard InChI is InChI=1S/C14H19ClFNO/c1-9-11(16)7-10(15)13(18)12(9)14(8-17)5-3-2-4-6-14/h7,18H,2-6,8,17H2,1H3. The zero-order valence-electron chi connectivity index (χ0n) is 10.6. The highest BCUT2D eigenvalue weighted by molar-refractivity contribution is 6.32. The van der Waals surface area contributed by atoms with E-state index < -0.39 is 0 Å². The molecule has 2 rings (SSSR count). The molecule has 1 fully saturated rings. The lowest BCUT2D eigenvalue weighted by atomic mass is 9.68. The van der Waals surface area contributed by atoms with Gasteiger partial charge < -0.3 is 10.8 Å². The number of aromatic hydroxyl groups is 1. The van der Waals surface area contributed by atoms with Crippen molar-refractivity contribution in [3.05, 3.63) is 28.0 Å². The molecule has 3 N–H and O–H groups in total. The lowest BCUT2D eigenvalue weighted by Gasteiger charge is -2.38. The predicted octanol–water partition coefficient (Wildman–Crippen LogP) is 3.65. The molecular weight excluding hydrogens is 253 g/mol. The van der Waals surface area contributed by atoms with Crippen LogP contribution in [0.3, 0.4) is 0 Å². The summed E-state index contributed by atoms with van der Waals surface area (Å²) in [5, 5.41) is 10.3. The smallest absolute Gasteiger partial charge is 0.138 e. The number of benzene rings is 1. The van der Waals surface area contributed by atoms with E-state index >= 15 is 0 Å². The number of halogens is 2. The van der Waals surface area contributed by atoms with E-state index in [2.05, 4.69) is 0 Å². The van der Waals surface area contributed by atoms with Crippen molar-refractivity contribution in [1.82, 2.24) is 0 Å². The molecule has 4 heteroatoms. The van der Waals surface area contributed by atoms with Crippen molar-refractivity contribution >= 4 is 11.6 Å². The Kier molecular flexibility index (Phi) is 3.83. The maximum absolute atomic E-state index is 13.8. The summed E-state index contributed by atoms with van der Waals surface area (Å²) in [7, 11) is 0.